The van der Waals surface area contributed by atoms with Crippen LogP contribution in [0.15, 0.2) is 0 Å². The van der Waals surface area contributed by atoms with Gasteiger partial charge in [-0.25, -0.2) is 0 Å². The van der Waals surface area contributed by atoms with Crippen LogP contribution in [-0.2, 0) is 9.53 Å². The first-order valence-electron chi connectivity index (χ1n) is 5.31. The molecule has 1 unspecified atom stereocenters. The maximum atomic E-state index is 11.9. The molecule has 0 aliphatic rings. The van der Waals surface area contributed by atoms with Crippen LogP contribution in [0.25, 0.3) is 0 Å². The maximum absolute atomic E-state index is 11.9. The Hall–Kier alpha value is -0.780. The molecule has 1 atom stereocenters. The summed E-state index contributed by atoms with van der Waals surface area (Å²) in [4.78, 5) is 11.0. The van der Waals surface area contributed by atoms with Crippen LogP contribution in [0.5, 0.6) is 0 Å². The largest absolute Gasteiger partial charge is 0.465 e. The van der Waals surface area contributed by atoms with E-state index < -0.39 is 24.6 Å². The van der Waals surface area contributed by atoms with Crippen molar-refractivity contribution in [3.8, 4) is 0 Å². The van der Waals surface area contributed by atoms with Crippen LogP contribution < -0.4 is 5.32 Å². The van der Waals surface area contributed by atoms with E-state index in [1.54, 1.807) is 0 Å². The smallest absolute Gasteiger partial charge is 0.390 e. The molecule has 6 heteroatoms. The minimum Gasteiger partial charge on any atom is -0.465 e. The van der Waals surface area contributed by atoms with Crippen molar-refractivity contribution in [1.29, 1.82) is 0 Å². The summed E-state index contributed by atoms with van der Waals surface area (Å²) in [5.74, 6) is -0.512. The van der Waals surface area contributed by atoms with Crippen molar-refractivity contribution < 1.29 is 22.7 Å². The second kappa shape index (κ2) is 7.49. The molecule has 0 heterocycles. The van der Waals surface area contributed by atoms with Gasteiger partial charge in [0.05, 0.1) is 19.6 Å². The van der Waals surface area contributed by atoms with Crippen LogP contribution in [0.3, 0.4) is 0 Å². The SMILES string of the molecule is CCCCOC(=O)CNC(C)CC(F)(F)F. The van der Waals surface area contributed by atoms with Gasteiger partial charge in [-0.2, -0.15) is 13.2 Å². The lowest BCUT2D eigenvalue weighted by Gasteiger charge is -2.15. The lowest BCUT2D eigenvalue weighted by atomic mass is 10.2. The van der Waals surface area contributed by atoms with Crippen molar-refractivity contribution in [2.45, 2.75) is 45.3 Å². The van der Waals surface area contributed by atoms with Gasteiger partial charge in [0.1, 0.15) is 0 Å². The monoisotopic (exact) mass is 241 g/mol. The van der Waals surface area contributed by atoms with Crippen molar-refractivity contribution in [2.75, 3.05) is 13.2 Å². The Kier molecular flexibility index (Phi) is 7.12. The average molecular weight is 241 g/mol. The van der Waals surface area contributed by atoms with Crippen molar-refractivity contribution in [3.05, 3.63) is 0 Å². The molecule has 0 aromatic heterocycles. The third kappa shape index (κ3) is 9.76. The second-order valence-corrected chi connectivity index (χ2v) is 3.68. The third-order valence-corrected chi connectivity index (χ3v) is 1.89. The molecule has 0 rings (SSSR count). The first kappa shape index (κ1) is 15.2. The highest BCUT2D eigenvalue weighted by Gasteiger charge is 2.29. The number of halogens is 3. The topological polar surface area (TPSA) is 38.3 Å². The number of carbonyl (C=O) groups is 1. The molecule has 0 bridgehead atoms. The predicted molar refractivity (Wildman–Crippen MR) is 54.0 cm³/mol. The van der Waals surface area contributed by atoms with Gasteiger partial charge in [-0.05, 0) is 13.3 Å². The van der Waals surface area contributed by atoms with Gasteiger partial charge in [0, 0.05) is 6.04 Å². The van der Waals surface area contributed by atoms with Gasteiger partial charge >= 0.3 is 12.1 Å². The molecule has 0 saturated carbocycles. The average Bonchev–Trinajstić information content (AvgIpc) is 2.12. The maximum Gasteiger partial charge on any atom is 0.390 e. The van der Waals surface area contributed by atoms with Gasteiger partial charge in [-0.1, -0.05) is 13.3 Å². The molecule has 0 fully saturated rings. The molecule has 0 aliphatic heterocycles. The van der Waals surface area contributed by atoms with Gasteiger partial charge in [0.2, 0.25) is 0 Å². The summed E-state index contributed by atoms with van der Waals surface area (Å²) in [5, 5.41) is 2.47. The van der Waals surface area contributed by atoms with Gasteiger partial charge in [0.15, 0.2) is 0 Å². The normalized spacial score (nSPS) is 13.6. The zero-order chi connectivity index (χ0) is 12.6. The molecule has 0 aromatic carbocycles. The fraction of sp³-hybridized carbons (Fsp3) is 0.900. The quantitative estimate of drug-likeness (QED) is 0.549. The van der Waals surface area contributed by atoms with Crippen molar-refractivity contribution in [3.63, 3.8) is 0 Å². The van der Waals surface area contributed by atoms with Crippen LogP contribution in [0.1, 0.15) is 33.1 Å². The Balaban J connectivity index is 3.59. The molecule has 0 saturated heterocycles. The molecule has 0 radical (unpaired) electrons. The van der Waals surface area contributed by atoms with Gasteiger partial charge < -0.3 is 10.1 Å². The molecule has 0 aliphatic carbocycles. The number of nitrogens with one attached hydrogen (secondary N) is 1. The van der Waals surface area contributed by atoms with Crippen LogP contribution in [0.2, 0.25) is 0 Å². The fourth-order valence-corrected chi connectivity index (χ4v) is 1.06. The zero-order valence-electron chi connectivity index (χ0n) is 9.56. The molecule has 3 nitrogen and oxygen atoms in total. The molecule has 0 amide bonds. The van der Waals surface area contributed by atoms with Crippen LogP contribution in [0, 0.1) is 0 Å². The minimum atomic E-state index is -4.21. The second-order valence-electron chi connectivity index (χ2n) is 3.68. The Labute approximate surface area is 93.3 Å². The van der Waals surface area contributed by atoms with Crippen LogP contribution in [0.4, 0.5) is 13.2 Å². The van der Waals surface area contributed by atoms with E-state index >= 15 is 0 Å². The van der Waals surface area contributed by atoms with Gasteiger partial charge in [0.25, 0.3) is 0 Å². The zero-order valence-corrected chi connectivity index (χ0v) is 9.56. The molecule has 16 heavy (non-hydrogen) atoms. The van der Waals surface area contributed by atoms with E-state index in [1.807, 2.05) is 6.92 Å². The van der Waals surface area contributed by atoms with Crippen molar-refractivity contribution in [2.24, 2.45) is 0 Å². The first-order valence-corrected chi connectivity index (χ1v) is 5.31. The number of hydrogen-bond acceptors (Lipinski definition) is 3. The Morgan fingerprint density at radius 1 is 1.44 bits per heavy atom. The molecule has 96 valence electrons. The lowest BCUT2D eigenvalue weighted by Crippen LogP contribution is -2.35. The van der Waals surface area contributed by atoms with E-state index in [2.05, 4.69) is 5.32 Å². The highest BCUT2D eigenvalue weighted by molar-refractivity contribution is 5.71. The van der Waals surface area contributed by atoms with E-state index in [9.17, 15) is 18.0 Å². The van der Waals surface area contributed by atoms with E-state index in [0.717, 1.165) is 12.8 Å². The number of ether oxygens (including phenoxy) is 1. The molecule has 1 N–H and O–H groups in total. The van der Waals surface area contributed by atoms with Crippen molar-refractivity contribution >= 4 is 5.97 Å². The number of unbranched alkanes of at least 4 members (excludes halogenated alkanes) is 1. The van der Waals surface area contributed by atoms with E-state index in [0.29, 0.717) is 6.61 Å². The number of rotatable bonds is 7. The van der Waals surface area contributed by atoms with E-state index in [4.69, 9.17) is 4.74 Å². The standard InChI is InChI=1S/C10H18F3NO2/c1-3-4-5-16-9(15)7-14-8(2)6-10(11,12)13/h8,14H,3-7H2,1-2H3. The lowest BCUT2D eigenvalue weighted by molar-refractivity contribution is -0.146. The van der Waals surface area contributed by atoms with Crippen LogP contribution >= 0.6 is 0 Å². The van der Waals surface area contributed by atoms with Gasteiger partial charge in [-0.3, -0.25) is 4.79 Å². The molecular weight excluding hydrogens is 223 g/mol. The van der Waals surface area contributed by atoms with Gasteiger partial charge in [-0.15, -0.1) is 0 Å². The fourth-order valence-electron chi connectivity index (χ4n) is 1.06. The number of hydrogen-bond donors (Lipinski definition) is 1. The summed E-state index contributed by atoms with van der Waals surface area (Å²) in [7, 11) is 0. The summed E-state index contributed by atoms with van der Waals surface area (Å²) in [6.07, 6.45) is -3.48. The third-order valence-electron chi connectivity index (χ3n) is 1.89. The number of carbonyl (C=O) groups excluding carboxylic acids is 1. The summed E-state index contributed by atoms with van der Waals surface area (Å²) >= 11 is 0. The van der Waals surface area contributed by atoms with E-state index in [1.165, 1.54) is 6.92 Å². The number of esters is 1. The minimum absolute atomic E-state index is 0.180. The Morgan fingerprint density at radius 2 is 2.06 bits per heavy atom. The highest BCUT2D eigenvalue weighted by Crippen LogP contribution is 2.21. The predicted octanol–water partition coefficient (Wildman–Crippen LogP) is 2.26. The summed E-state index contributed by atoms with van der Waals surface area (Å²) in [6.45, 7) is 3.48. The summed E-state index contributed by atoms with van der Waals surface area (Å²) in [6, 6.07) is -0.779. The summed E-state index contributed by atoms with van der Waals surface area (Å²) in [5.41, 5.74) is 0. The first-order chi connectivity index (χ1) is 7.35. The highest BCUT2D eigenvalue weighted by atomic mass is 19.4. The number of alkyl halides is 3. The molecule has 0 aromatic rings. The summed E-state index contributed by atoms with van der Waals surface area (Å²) < 4.78 is 40.5. The van der Waals surface area contributed by atoms with E-state index in [-0.39, 0.29) is 6.54 Å². The molecule has 0 spiro atoms. The Bertz CT molecular complexity index is 207. The van der Waals surface area contributed by atoms with Crippen molar-refractivity contribution in [1.82, 2.24) is 5.32 Å². The Morgan fingerprint density at radius 3 is 2.56 bits per heavy atom. The molecular formula is C10H18F3NO2. The van der Waals surface area contributed by atoms with Crippen LogP contribution in [-0.4, -0.2) is 31.3 Å².